The second kappa shape index (κ2) is 11.6. The number of esters is 1. The lowest BCUT2D eigenvalue weighted by Gasteiger charge is -2.41. The van der Waals surface area contributed by atoms with Crippen LogP contribution < -0.4 is 10.2 Å². The molecule has 1 N–H and O–H groups in total. The number of nitrogens with one attached hydrogen (secondary N) is 1. The first-order valence-corrected chi connectivity index (χ1v) is 15.2. The largest absolute Gasteiger partial charge is 0.465 e. The Balaban J connectivity index is 1.49. The number of fused-ring (bicyclic) bond motifs is 3. The number of carbonyl (C=O) groups is 3. The van der Waals surface area contributed by atoms with Gasteiger partial charge in [0.2, 0.25) is 11.8 Å². The summed E-state index contributed by atoms with van der Waals surface area (Å²) in [5, 5.41) is 3.65. The summed E-state index contributed by atoms with van der Waals surface area (Å²) in [6.07, 6.45) is 8.40. The van der Waals surface area contributed by atoms with Gasteiger partial charge in [0.1, 0.15) is 11.4 Å². The molecule has 1 saturated carbocycles. The number of hydrogen-bond donors (Lipinski definition) is 1. The Morgan fingerprint density at radius 2 is 1.91 bits per heavy atom. The maximum absolute atomic E-state index is 16.7. The molecular weight excluding hydrogens is 592 g/mol. The molecule has 1 spiro atoms. The van der Waals surface area contributed by atoms with Crippen LogP contribution >= 0.6 is 23.2 Å². The number of nitrogens with zero attached hydrogens (tertiary/aromatic N) is 2. The lowest BCUT2D eigenvalue weighted by molar-refractivity contribution is -0.130. The summed E-state index contributed by atoms with van der Waals surface area (Å²) >= 11 is 12.2. The molecule has 0 aromatic heterocycles. The lowest BCUT2D eigenvalue weighted by atomic mass is 9.74. The van der Waals surface area contributed by atoms with Crippen molar-refractivity contribution in [3.63, 3.8) is 0 Å². The highest BCUT2D eigenvalue weighted by Gasteiger charge is 2.71. The van der Waals surface area contributed by atoms with Gasteiger partial charge in [-0.05, 0) is 67.3 Å². The van der Waals surface area contributed by atoms with Crippen LogP contribution in [0.4, 0.5) is 15.8 Å². The first-order chi connectivity index (χ1) is 20.7. The molecule has 7 nitrogen and oxygen atoms in total. The van der Waals surface area contributed by atoms with Crippen LogP contribution in [0, 0.1) is 17.8 Å². The second-order valence-corrected chi connectivity index (χ2v) is 12.6. The minimum absolute atomic E-state index is 0.225. The third-order valence-corrected chi connectivity index (χ3v) is 9.70. The molecule has 4 atom stereocenters. The van der Waals surface area contributed by atoms with E-state index in [9.17, 15) is 14.4 Å². The van der Waals surface area contributed by atoms with E-state index in [1.807, 2.05) is 0 Å². The Labute approximate surface area is 259 Å². The van der Waals surface area contributed by atoms with Crippen molar-refractivity contribution in [1.29, 1.82) is 0 Å². The van der Waals surface area contributed by atoms with Gasteiger partial charge in [0.25, 0.3) is 0 Å². The second-order valence-electron chi connectivity index (χ2n) is 11.6. The minimum Gasteiger partial charge on any atom is -0.465 e. The van der Waals surface area contributed by atoms with Crippen molar-refractivity contribution in [1.82, 2.24) is 4.90 Å². The van der Waals surface area contributed by atoms with Crippen molar-refractivity contribution in [3.8, 4) is 0 Å². The number of halogens is 3. The average Bonchev–Trinajstić information content (AvgIpc) is 3.74. The maximum atomic E-state index is 16.7. The third-order valence-electron chi connectivity index (χ3n) is 9.34. The first-order valence-electron chi connectivity index (χ1n) is 14.4. The van der Waals surface area contributed by atoms with Crippen molar-refractivity contribution in [2.24, 2.45) is 17.8 Å². The molecular formula is C33H32Cl2FN3O4. The van der Waals surface area contributed by atoms with E-state index in [4.69, 9.17) is 27.9 Å². The van der Waals surface area contributed by atoms with Gasteiger partial charge < -0.3 is 15.0 Å². The highest BCUT2D eigenvalue weighted by Crippen LogP contribution is 2.60. The monoisotopic (exact) mass is 623 g/mol. The minimum atomic E-state index is -1.44. The molecule has 43 heavy (non-hydrogen) atoms. The molecule has 2 aromatic rings. The predicted octanol–water partition coefficient (Wildman–Crippen LogP) is 6.59. The van der Waals surface area contributed by atoms with Crippen LogP contribution in [0.15, 0.2) is 78.1 Å². The highest BCUT2D eigenvalue weighted by atomic mass is 35.5. The molecule has 0 unspecified atom stereocenters. The summed E-state index contributed by atoms with van der Waals surface area (Å²) in [7, 11) is 1.31. The lowest BCUT2D eigenvalue weighted by Crippen LogP contribution is -2.55. The van der Waals surface area contributed by atoms with Crippen molar-refractivity contribution in [2.75, 3.05) is 30.4 Å². The van der Waals surface area contributed by atoms with Crippen molar-refractivity contribution in [3.05, 3.63) is 94.3 Å². The number of rotatable bonds is 7. The molecule has 4 aliphatic rings. The van der Waals surface area contributed by atoms with Gasteiger partial charge in [-0.2, -0.15) is 0 Å². The van der Waals surface area contributed by atoms with Gasteiger partial charge in [0.05, 0.1) is 24.5 Å². The standard InChI is InChI=1S/C33H32Cl2FN3O4/c1-19(34)6-5-9-25(36)29-28-27(18-38(30(28)40)23-13-10-21(11-14-23)31(41)43-2)39(17-20-7-3-4-8-20)33(29)24-15-12-22(35)16-26(24)37-32(33)42/h5-6,9-16,20,27-29H,1,3-4,7-8,17-18H2,2H3,(H,37,42)/b6-5-,25-9-/t27-,28+,29-,33+/m1/s1. The Morgan fingerprint density at radius 1 is 1.19 bits per heavy atom. The summed E-state index contributed by atoms with van der Waals surface area (Å²) in [5.74, 6) is -3.36. The number of allylic oxidation sites excluding steroid dienone is 4. The van der Waals surface area contributed by atoms with Crippen LogP contribution in [-0.2, 0) is 19.9 Å². The SMILES string of the molecule is C=C(Cl)/C=C\C=C(/F)[C@@H]1[C@H]2C(=O)N(c3ccc(C(=O)OC)cc3)C[C@H]2N(CC2CCCC2)[C@]12C(=O)Nc1cc(Cl)ccc12. The number of likely N-dealkylation sites (tertiary alicyclic amines) is 1. The smallest absolute Gasteiger partial charge is 0.337 e. The summed E-state index contributed by atoms with van der Waals surface area (Å²) in [6, 6.07) is 11.3. The van der Waals surface area contributed by atoms with Crippen LogP contribution in [0.25, 0.3) is 0 Å². The molecule has 224 valence electrons. The van der Waals surface area contributed by atoms with E-state index in [2.05, 4.69) is 16.8 Å². The van der Waals surface area contributed by atoms with Crippen LogP contribution in [0.2, 0.25) is 5.02 Å². The molecule has 3 aliphatic heterocycles. The van der Waals surface area contributed by atoms with Crippen LogP contribution in [0.1, 0.15) is 41.6 Å². The molecule has 2 amide bonds. The molecule has 3 fully saturated rings. The summed E-state index contributed by atoms with van der Waals surface area (Å²) in [5.41, 5.74) is 0.652. The molecule has 2 aromatic carbocycles. The quantitative estimate of drug-likeness (QED) is 0.278. The number of methoxy groups -OCH3 is 1. The van der Waals surface area contributed by atoms with E-state index in [1.165, 1.54) is 25.3 Å². The molecule has 3 heterocycles. The fraction of sp³-hybridized carbons (Fsp3) is 0.364. The number of anilines is 2. The molecule has 10 heteroatoms. The Bertz CT molecular complexity index is 1550. The number of carbonyl (C=O) groups excluding carboxylic acids is 3. The Morgan fingerprint density at radius 3 is 2.58 bits per heavy atom. The fourth-order valence-electron chi connectivity index (χ4n) is 7.58. The zero-order chi connectivity index (χ0) is 30.5. The van der Waals surface area contributed by atoms with Crippen molar-refractivity contribution >= 4 is 52.4 Å². The predicted molar refractivity (Wildman–Crippen MR) is 165 cm³/mol. The van der Waals surface area contributed by atoms with Crippen LogP contribution in [0.3, 0.4) is 0 Å². The summed E-state index contributed by atoms with van der Waals surface area (Å²) in [4.78, 5) is 44.4. The van der Waals surface area contributed by atoms with Gasteiger partial charge in [-0.1, -0.05) is 54.8 Å². The van der Waals surface area contributed by atoms with Crippen molar-refractivity contribution in [2.45, 2.75) is 37.3 Å². The van der Waals surface area contributed by atoms with Gasteiger partial charge in [-0.25, -0.2) is 9.18 Å². The Kier molecular flexibility index (Phi) is 7.96. The topological polar surface area (TPSA) is 79.0 Å². The van der Waals surface area contributed by atoms with E-state index in [0.717, 1.165) is 25.7 Å². The highest BCUT2D eigenvalue weighted by molar-refractivity contribution is 6.31. The summed E-state index contributed by atoms with van der Waals surface area (Å²) in [6.45, 7) is 4.44. The zero-order valence-corrected chi connectivity index (χ0v) is 25.2. The molecule has 0 radical (unpaired) electrons. The summed E-state index contributed by atoms with van der Waals surface area (Å²) < 4.78 is 21.5. The fourth-order valence-corrected chi connectivity index (χ4v) is 7.82. The normalized spacial score (nSPS) is 27.3. The number of hydrogen-bond acceptors (Lipinski definition) is 5. The van der Waals surface area contributed by atoms with E-state index < -0.39 is 35.2 Å². The van der Waals surface area contributed by atoms with Crippen molar-refractivity contribution < 1.29 is 23.5 Å². The van der Waals surface area contributed by atoms with Crippen LogP contribution in [-0.4, -0.2) is 48.9 Å². The number of benzene rings is 2. The molecule has 6 rings (SSSR count). The molecule has 1 aliphatic carbocycles. The van der Waals surface area contributed by atoms with Gasteiger partial charge in [0, 0.05) is 46.1 Å². The Hall–Kier alpha value is -3.46. The number of amides is 2. The van der Waals surface area contributed by atoms with E-state index in [0.29, 0.717) is 40.0 Å². The van der Waals surface area contributed by atoms with Gasteiger partial charge in [0.15, 0.2) is 0 Å². The van der Waals surface area contributed by atoms with Gasteiger partial charge >= 0.3 is 5.97 Å². The van der Waals surface area contributed by atoms with Gasteiger partial charge in [-0.3, -0.25) is 14.5 Å². The first kappa shape index (κ1) is 29.6. The van der Waals surface area contributed by atoms with Gasteiger partial charge in [-0.15, -0.1) is 0 Å². The third kappa shape index (κ3) is 4.89. The number of ether oxygens (including phenoxy) is 1. The van der Waals surface area contributed by atoms with E-state index in [-0.39, 0.29) is 23.4 Å². The van der Waals surface area contributed by atoms with E-state index in [1.54, 1.807) is 47.4 Å². The maximum Gasteiger partial charge on any atom is 0.337 e. The van der Waals surface area contributed by atoms with Crippen LogP contribution in [0.5, 0.6) is 0 Å². The molecule has 2 saturated heterocycles. The van der Waals surface area contributed by atoms with E-state index >= 15 is 4.39 Å². The zero-order valence-electron chi connectivity index (χ0n) is 23.7. The molecule has 0 bridgehead atoms. The average molecular weight is 625 g/mol.